The van der Waals surface area contributed by atoms with Gasteiger partial charge in [0.25, 0.3) is 0 Å². The van der Waals surface area contributed by atoms with Gasteiger partial charge in [-0.2, -0.15) is 0 Å². The van der Waals surface area contributed by atoms with E-state index in [1.165, 1.54) is 44.9 Å². The number of carbonyl (C=O) groups is 1. The summed E-state index contributed by atoms with van der Waals surface area (Å²) < 4.78 is 33.2. The molecule has 64 heavy (non-hydrogen) atoms. The number of amides is 1. The van der Waals surface area contributed by atoms with Gasteiger partial charge in [-0.15, -0.1) is 6.58 Å². The van der Waals surface area contributed by atoms with Gasteiger partial charge < -0.3 is 38.7 Å². The molecule has 3 fully saturated rings. The molecular weight excluding hydrogens is 811 g/mol. The molecule has 1 saturated carbocycles. The van der Waals surface area contributed by atoms with Crippen LogP contribution in [0.2, 0.25) is 0 Å². The smallest absolute Gasteiger partial charge is 0.410 e. The van der Waals surface area contributed by atoms with Gasteiger partial charge in [-0.1, -0.05) is 102 Å². The lowest BCUT2D eigenvalue weighted by molar-refractivity contribution is -0.255. The first-order valence-electron chi connectivity index (χ1n) is 25.6. The van der Waals surface area contributed by atoms with Gasteiger partial charge in [0, 0.05) is 63.7 Å². The van der Waals surface area contributed by atoms with E-state index in [4.69, 9.17) is 33.7 Å². The minimum absolute atomic E-state index is 0.118. The van der Waals surface area contributed by atoms with Crippen LogP contribution in [0.25, 0.3) is 0 Å². The van der Waals surface area contributed by atoms with E-state index in [-0.39, 0.29) is 49.6 Å². The van der Waals surface area contributed by atoms with E-state index in [1.807, 2.05) is 17.0 Å². The second kappa shape index (κ2) is 26.9. The van der Waals surface area contributed by atoms with Crippen LogP contribution >= 0.6 is 0 Å². The third-order valence-corrected chi connectivity index (χ3v) is 14.1. The molecule has 7 atom stereocenters. The number of fused-ring (bicyclic) bond motifs is 2. The van der Waals surface area contributed by atoms with Crippen molar-refractivity contribution in [3.05, 3.63) is 48.1 Å². The molecule has 3 aliphatic heterocycles. The number of hydrogen-bond donors (Lipinski definition) is 2. The summed E-state index contributed by atoms with van der Waals surface area (Å²) in [6.07, 6.45) is 24.1. The maximum atomic E-state index is 14.6. The van der Waals surface area contributed by atoms with Gasteiger partial charge >= 0.3 is 6.09 Å². The van der Waals surface area contributed by atoms with Crippen LogP contribution in [0, 0.1) is 17.8 Å². The van der Waals surface area contributed by atoms with Gasteiger partial charge in [0.05, 0.1) is 31.5 Å². The number of hydrogen-bond acceptors (Lipinski definition) is 11. The Bertz CT molecular complexity index is 1610. The molecule has 0 aromatic heterocycles. The number of aliphatic hydroxyl groups excluding tert-OH is 2. The molecule has 0 bridgehead atoms. The summed E-state index contributed by atoms with van der Waals surface area (Å²) in [7, 11) is 0. The molecule has 1 aromatic rings. The molecule has 6 rings (SSSR count). The van der Waals surface area contributed by atoms with Gasteiger partial charge in [-0.25, -0.2) is 4.79 Å². The molecule has 0 radical (unpaired) electrons. The largest absolute Gasteiger partial charge is 0.492 e. The van der Waals surface area contributed by atoms with Gasteiger partial charge in [0.1, 0.15) is 24.1 Å². The van der Waals surface area contributed by atoms with E-state index in [1.54, 1.807) is 6.08 Å². The first-order valence-corrected chi connectivity index (χ1v) is 25.6. The molecule has 1 amide bonds. The van der Waals surface area contributed by atoms with Crippen LogP contribution in [0.3, 0.4) is 0 Å². The minimum atomic E-state index is -1.32. The highest BCUT2D eigenvalue weighted by Gasteiger charge is 2.65. The fourth-order valence-corrected chi connectivity index (χ4v) is 10.7. The van der Waals surface area contributed by atoms with Crippen molar-refractivity contribution in [1.82, 2.24) is 9.80 Å². The van der Waals surface area contributed by atoms with E-state index in [0.717, 1.165) is 119 Å². The van der Waals surface area contributed by atoms with Crippen LogP contribution < -0.4 is 9.47 Å². The number of nitrogens with zero attached hydrogens (tertiary/aromatic N) is 3. The van der Waals surface area contributed by atoms with Gasteiger partial charge in [-0.3, -0.25) is 9.80 Å². The molecule has 2 saturated heterocycles. The Morgan fingerprint density at radius 1 is 0.938 bits per heavy atom. The van der Waals surface area contributed by atoms with Crippen molar-refractivity contribution in [2.45, 2.75) is 173 Å². The zero-order valence-corrected chi connectivity index (χ0v) is 39.6. The zero-order chi connectivity index (χ0) is 45.0. The molecule has 1 aromatic carbocycles. The number of oxime groups is 1. The lowest BCUT2D eigenvalue weighted by Crippen LogP contribution is -2.70. The van der Waals surface area contributed by atoms with Crippen LogP contribution in [-0.4, -0.2) is 116 Å². The van der Waals surface area contributed by atoms with Crippen LogP contribution in [0.1, 0.15) is 160 Å². The van der Waals surface area contributed by atoms with Crippen LogP contribution in [0.15, 0.2) is 47.7 Å². The highest BCUT2D eigenvalue weighted by Crippen LogP contribution is 2.62. The highest BCUT2D eigenvalue weighted by molar-refractivity contribution is 6.03. The summed E-state index contributed by atoms with van der Waals surface area (Å²) >= 11 is 0. The molecule has 2 aliphatic carbocycles. The molecule has 1 unspecified atom stereocenters. The third kappa shape index (κ3) is 13.7. The maximum absolute atomic E-state index is 14.6. The number of rotatable bonds is 31. The fraction of sp³-hybridized carbons (Fsp3) is 0.769. The highest BCUT2D eigenvalue weighted by atomic mass is 16.8. The first-order chi connectivity index (χ1) is 31.5. The molecule has 5 aliphatic rings. The normalized spacial score (nSPS) is 26.6. The Balaban J connectivity index is 1.38. The zero-order valence-electron chi connectivity index (χ0n) is 39.6. The second-order valence-electron chi connectivity index (χ2n) is 18.9. The standard InChI is InChI=1S/C52H83N3O9/c1-4-7-8-9-10-11-12-13-14-20-35-61-51(58)55(27-5-2)47-39-45(53-64-48-24-17-21-34-60-48)43-37-40(22-15-18-31-56)42(23-16-19-32-57)49-44-38-41(59-36-30-54-28-29-54)25-26-46(44)63-52(47,50(43)49)62-33-6-3/h6,25-26,37-38,40,42,47-50,56-57H,3-5,7-24,27-36,39H2,1-2H3/t40-,42+,47-,48?,49+,50+,52+/m0/s1. The average molecular weight is 894 g/mol. The van der Waals surface area contributed by atoms with Crippen LogP contribution in [-0.2, 0) is 19.0 Å². The average Bonchev–Trinajstić information content (AvgIpc) is 4.15. The van der Waals surface area contributed by atoms with Crippen molar-refractivity contribution in [2.75, 3.05) is 65.8 Å². The third-order valence-electron chi connectivity index (χ3n) is 14.1. The van der Waals surface area contributed by atoms with E-state index in [9.17, 15) is 15.0 Å². The summed E-state index contributed by atoms with van der Waals surface area (Å²) in [5, 5.41) is 24.9. The molecular formula is C52H83N3O9. The molecule has 0 spiro atoms. The Morgan fingerprint density at radius 3 is 2.38 bits per heavy atom. The van der Waals surface area contributed by atoms with Gasteiger partial charge in [-0.05, 0) is 87.0 Å². The summed E-state index contributed by atoms with van der Waals surface area (Å²) in [5.74, 6) is -0.0351. The van der Waals surface area contributed by atoms with Crippen LogP contribution in [0.5, 0.6) is 11.5 Å². The lowest BCUT2D eigenvalue weighted by Gasteiger charge is -2.60. The minimum Gasteiger partial charge on any atom is -0.492 e. The van der Waals surface area contributed by atoms with E-state index >= 15 is 0 Å². The number of unbranched alkanes of at least 4 members (excludes halogenated alkanes) is 11. The van der Waals surface area contributed by atoms with E-state index in [0.29, 0.717) is 45.6 Å². The Labute approximate surface area is 385 Å². The van der Waals surface area contributed by atoms with E-state index < -0.39 is 18.1 Å². The lowest BCUT2D eigenvalue weighted by atomic mass is 9.55. The Kier molecular flexibility index (Phi) is 21.1. The maximum Gasteiger partial charge on any atom is 0.410 e. The quantitative estimate of drug-likeness (QED) is 0.0321. The number of aliphatic hydroxyl groups is 2. The predicted octanol–water partition coefficient (Wildman–Crippen LogP) is 10.3. The second-order valence-corrected chi connectivity index (χ2v) is 18.9. The topological polar surface area (TPSA) is 132 Å². The first kappa shape index (κ1) is 50.3. The van der Waals surface area contributed by atoms with Gasteiger partial charge in [0.15, 0.2) is 0 Å². The molecule has 3 heterocycles. The summed E-state index contributed by atoms with van der Waals surface area (Å²) in [6, 6.07) is 5.57. The number of allylic oxidation sites excluding steroid dienone is 1. The van der Waals surface area contributed by atoms with Crippen molar-refractivity contribution in [2.24, 2.45) is 22.9 Å². The SMILES string of the molecule is C=CCO[C@@]12Oc3ccc(OCCN4CC4)cc3[C@H]3[C@H](CCCCO)[C@@H](CCCCO)C=C(C(=NOC4CCCCO4)C[C@@H]1N(CCC)C(=O)OCCCCCCCCCCCC)[C@H]32. The fourth-order valence-electron chi connectivity index (χ4n) is 10.7. The molecule has 2 N–H and O–H groups in total. The monoisotopic (exact) mass is 894 g/mol. The summed E-state index contributed by atoms with van der Waals surface area (Å²) in [5.41, 5.74) is 2.85. The van der Waals surface area contributed by atoms with Crippen molar-refractivity contribution in [3.63, 3.8) is 0 Å². The molecule has 12 heteroatoms. The Hall–Kier alpha value is -3.16. The molecule has 12 nitrogen and oxygen atoms in total. The van der Waals surface area contributed by atoms with Crippen LogP contribution in [0.4, 0.5) is 4.79 Å². The predicted molar refractivity (Wildman–Crippen MR) is 252 cm³/mol. The van der Waals surface area contributed by atoms with Gasteiger partial charge in [0.2, 0.25) is 12.1 Å². The summed E-state index contributed by atoms with van der Waals surface area (Å²) in [6.45, 7) is 14.1. The number of benzene rings is 1. The Morgan fingerprint density at radius 2 is 1.69 bits per heavy atom. The van der Waals surface area contributed by atoms with Crippen molar-refractivity contribution < 1.29 is 43.5 Å². The summed E-state index contributed by atoms with van der Waals surface area (Å²) in [4.78, 5) is 25.1. The van der Waals surface area contributed by atoms with Crippen molar-refractivity contribution in [1.29, 1.82) is 0 Å². The number of ether oxygens (including phenoxy) is 5. The number of carbonyl (C=O) groups excluding carboxylic acids is 1. The van der Waals surface area contributed by atoms with Crippen molar-refractivity contribution in [3.8, 4) is 11.5 Å². The van der Waals surface area contributed by atoms with Crippen molar-refractivity contribution >= 4 is 11.8 Å². The molecule has 360 valence electrons. The van der Waals surface area contributed by atoms with E-state index in [2.05, 4.69) is 37.5 Å².